The van der Waals surface area contributed by atoms with E-state index in [4.69, 9.17) is 16.7 Å². The predicted molar refractivity (Wildman–Crippen MR) is 75.0 cm³/mol. The van der Waals surface area contributed by atoms with Crippen molar-refractivity contribution in [2.75, 3.05) is 6.54 Å². The number of benzene rings is 1. The first-order valence-electron chi connectivity index (χ1n) is 6.37. The molecule has 0 atom stereocenters. The maximum atomic E-state index is 12.5. The molecule has 1 heterocycles. The van der Waals surface area contributed by atoms with E-state index in [2.05, 4.69) is 4.98 Å². The molecule has 1 amide bonds. The molecule has 1 aliphatic rings. The third-order valence-electron chi connectivity index (χ3n) is 3.41. The van der Waals surface area contributed by atoms with E-state index in [0.29, 0.717) is 5.02 Å². The number of aromatic nitrogens is 1. The molecule has 20 heavy (non-hydrogen) atoms. The summed E-state index contributed by atoms with van der Waals surface area (Å²) in [6.07, 6.45) is 1.69. The van der Waals surface area contributed by atoms with Gasteiger partial charge >= 0.3 is 5.97 Å². The lowest BCUT2D eigenvalue weighted by Crippen LogP contribution is -2.37. The lowest BCUT2D eigenvalue weighted by atomic mass is 10.2. The summed E-state index contributed by atoms with van der Waals surface area (Å²) in [5, 5.41) is 10.0. The highest BCUT2D eigenvalue weighted by Crippen LogP contribution is 2.32. The van der Waals surface area contributed by atoms with E-state index in [9.17, 15) is 9.59 Å². The van der Waals surface area contributed by atoms with Crippen LogP contribution in [0.3, 0.4) is 0 Å². The Morgan fingerprint density at radius 3 is 2.65 bits per heavy atom. The summed E-state index contributed by atoms with van der Waals surface area (Å²) in [6, 6.07) is 7.35. The van der Waals surface area contributed by atoms with E-state index in [1.807, 2.05) is 24.3 Å². The van der Waals surface area contributed by atoms with E-state index in [0.717, 1.165) is 23.7 Å². The van der Waals surface area contributed by atoms with Crippen LogP contribution >= 0.6 is 11.6 Å². The van der Waals surface area contributed by atoms with Crippen LogP contribution in [0.2, 0.25) is 5.02 Å². The molecule has 0 unspecified atom stereocenters. The van der Waals surface area contributed by atoms with Gasteiger partial charge in [-0.3, -0.25) is 9.59 Å². The number of amides is 1. The van der Waals surface area contributed by atoms with Gasteiger partial charge in [0.1, 0.15) is 12.2 Å². The summed E-state index contributed by atoms with van der Waals surface area (Å²) in [4.78, 5) is 27.8. The molecule has 1 aliphatic carbocycles. The first-order chi connectivity index (χ1) is 9.58. The number of fused-ring (bicyclic) bond motifs is 1. The van der Waals surface area contributed by atoms with Gasteiger partial charge in [-0.1, -0.05) is 29.8 Å². The van der Waals surface area contributed by atoms with Gasteiger partial charge in [-0.15, -0.1) is 0 Å². The average Bonchev–Trinajstić information content (AvgIpc) is 3.20. The Kier molecular flexibility index (Phi) is 3.14. The van der Waals surface area contributed by atoms with Crippen LogP contribution in [-0.4, -0.2) is 39.5 Å². The summed E-state index contributed by atoms with van der Waals surface area (Å²) in [6.45, 7) is -0.296. The van der Waals surface area contributed by atoms with Gasteiger partial charge in [-0.2, -0.15) is 0 Å². The average molecular weight is 293 g/mol. The molecule has 1 fully saturated rings. The highest BCUT2D eigenvalue weighted by atomic mass is 35.5. The minimum atomic E-state index is -1.02. The second-order valence-electron chi connectivity index (χ2n) is 4.92. The predicted octanol–water partition coefficient (Wildman–Crippen LogP) is 2.51. The molecule has 0 radical (unpaired) electrons. The van der Waals surface area contributed by atoms with Crippen LogP contribution in [0.1, 0.15) is 23.3 Å². The number of aromatic amines is 1. The zero-order valence-corrected chi connectivity index (χ0v) is 11.4. The fraction of sp³-hybridized carbons (Fsp3) is 0.286. The largest absolute Gasteiger partial charge is 0.480 e. The molecular formula is C14H13ClN2O3. The number of carbonyl (C=O) groups is 2. The van der Waals surface area contributed by atoms with E-state index in [1.165, 1.54) is 4.90 Å². The molecule has 0 bridgehead atoms. The second kappa shape index (κ2) is 4.83. The number of nitrogens with zero attached hydrogens (tertiary/aromatic N) is 1. The van der Waals surface area contributed by atoms with Crippen LogP contribution in [0.25, 0.3) is 10.9 Å². The lowest BCUT2D eigenvalue weighted by Gasteiger charge is -2.19. The van der Waals surface area contributed by atoms with Crippen molar-refractivity contribution in [3.05, 3.63) is 35.0 Å². The zero-order valence-electron chi connectivity index (χ0n) is 10.6. The summed E-state index contributed by atoms with van der Waals surface area (Å²) in [5.74, 6) is -1.37. The maximum Gasteiger partial charge on any atom is 0.323 e. The Labute approximate surface area is 120 Å². The molecule has 1 saturated carbocycles. The molecule has 1 aromatic carbocycles. The van der Waals surface area contributed by atoms with Gasteiger partial charge < -0.3 is 15.0 Å². The zero-order chi connectivity index (χ0) is 14.3. The van der Waals surface area contributed by atoms with E-state index in [1.54, 1.807) is 0 Å². The normalized spacial score (nSPS) is 14.4. The van der Waals surface area contributed by atoms with Gasteiger partial charge in [0, 0.05) is 16.9 Å². The van der Waals surface area contributed by atoms with Gasteiger partial charge in [0.05, 0.1) is 5.02 Å². The summed E-state index contributed by atoms with van der Waals surface area (Å²) >= 11 is 6.23. The quantitative estimate of drug-likeness (QED) is 0.909. The van der Waals surface area contributed by atoms with Crippen LogP contribution in [0.5, 0.6) is 0 Å². The van der Waals surface area contributed by atoms with Crippen LogP contribution < -0.4 is 0 Å². The Morgan fingerprint density at radius 1 is 1.35 bits per heavy atom. The van der Waals surface area contributed by atoms with Crippen molar-refractivity contribution in [2.24, 2.45) is 0 Å². The molecule has 6 heteroatoms. The Balaban J connectivity index is 1.98. The monoisotopic (exact) mass is 292 g/mol. The van der Waals surface area contributed by atoms with Crippen molar-refractivity contribution in [1.82, 2.24) is 9.88 Å². The number of carboxylic acid groups (broad SMARTS) is 1. The highest BCUT2D eigenvalue weighted by molar-refractivity contribution is 6.38. The minimum Gasteiger partial charge on any atom is -0.480 e. The smallest absolute Gasteiger partial charge is 0.323 e. The standard InChI is InChI=1S/C14H13ClN2O3/c15-12-9-3-1-2-4-10(9)16-13(12)14(20)17(7-11(18)19)8-5-6-8/h1-4,8,16H,5-7H2,(H,18,19). The first-order valence-corrected chi connectivity index (χ1v) is 6.74. The van der Waals surface area contributed by atoms with Crippen LogP contribution in [0.15, 0.2) is 24.3 Å². The molecule has 2 N–H and O–H groups in total. The fourth-order valence-electron chi connectivity index (χ4n) is 2.30. The third kappa shape index (κ3) is 2.25. The number of hydrogen-bond acceptors (Lipinski definition) is 2. The van der Waals surface area contributed by atoms with E-state index < -0.39 is 5.97 Å². The van der Waals surface area contributed by atoms with Crippen LogP contribution in [0.4, 0.5) is 0 Å². The van der Waals surface area contributed by atoms with Crippen LogP contribution in [-0.2, 0) is 4.79 Å². The highest BCUT2D eigenvalue weighted by Gasteiger charge is 2.35. The molecule has 0 spiro atoms. The molecule has 104 valence electrons. The fourth-order valence-corrected chi connectivity index (χ4v) is 2.59. The lowest BCUT2D eigenvalue weighted by molar-refractivity contribution is -0.137. The Morgan fingerprint density at radius 2 is 2.05 bits per heavy atom. The van der Waals surface area contributed by atoms with Gasteiger partial charge in [0.15, 0.2) is 0 Å². The Hall–Kier alpha value is -2.01. The van der Waals surface area contributed by atoms with Gasteiger partial charge in [0.25, 0.3) is 5.91 Å². The minimum absolute atomic E-state index is 0.0149. The third-order valence-corrected chi connectivity index (χ3v) is 3.80. The number of aliphatic carboxylic acids is 1. The summed E-state index contributed by atoms with van der Waals surface area (Å²) in [5.41, 5.74) is 1.04. The number of rotatable bonds is 4. The van der Waals surface area contributed by atoms with Crippen molar-refractivity contribution in [3.8, 4) is 0 Å². The van der Waals surface area contributed by atoms with Crippen molar-refractivity contribution in [1.29, 1.82) is 0 Å². The number of halogens is 1. The molecule has 2 aromatic rings. The van der Waals surface area contributed by atoms with Crippen molar-refractivity contribution >= 4 is 34.4 Å². The number of nitrogens with one attached hydrogen (secondary N) is 1. The van der Waals surface area contributed by atoms with Crippen molar-refractivity contribution < 1.29 is 14.7 Å². The number of hydrogen-bond donors (Lipinski definition) is 2. The summed E-state index contributed by atoms with van der Waals surface area (Å²) < 4.78 is 0. The van der Waals surface area contributed by atoms with E-state index in [-0.39, 0.29) is 24.2 Å². The molecular weight excluding hydrogens is 280 g/mol. The van der Waals surface area contributed by atoms with Crippen molar-refractivity contribution in [2.45, 2.75) is 18.9 Å². The number of para-hydroxylation sites is 1. The number of carbonyl (C=O) groups excluding carboxylic acids is 1. The van der Waals surface area contributed by atoms with Crippen LogP contribution in [0, 0.1) is 0 Å². The molecule has 5 nitrogen and oxygen atoms in total. The summed E-state index contributed by atoms with van der Waals surface area (Å²) in [7, 11) is 0. The number of carboxylic acids is 1. The molecule has 1 aromatic heterocycles. The molecule has 3 rings (SSSR count). The van der Waals surface area contributed by atoms with E-state index >= 15 is 0 Å². The molecule has 0 aliphatic heterocycles. The Bertz CT molecular complexity index is 691. The number of H-pyrrole nitrogens is 1. The van der Waals surface area contributed by atoms with Gasteiger partial charge in [-0.25, -0.2) is 0 Å². The van der Waals surface area contributed by atoms with Crippen molar-refractivity contribution in [3.63, 3.8) is 0 Å². The molecule has 0 saturated heterocycles. The maximum absolute atomic E-state index is 12.5. The SMILES string of the molecule is O=C(O)CN(C(=O)c1[nH]c2ccccc2c1Cl)C1CC1. The van der Waals surface area contributed by atoms with Gasteiger partial charge in [-0.05, 0) is 18.9 Å². The van der Waals surface area contributed by atoms with Gasteiger partial charge in [0.2, 0.25) is 0 Å². The first kappa shape index (κ1) is 13.0. The topological polar surface area (TPSA) is 73.4 Å². The second-order valence-corrected chi connectivity index (χ2v) is 5.30.